The van der Waals surface area contributed by atoms with Gasteiger partial charge in [0.25, 0.3) is 11.8 Å². The summed E-state index contributed by atoms with van der Waals surface area (Å²) in [6, 6.07) is 6.53. The van der Waals surface area contributed by atoms with E-state index < -0.39 is 12.9 Å². The molecule has 0 radical (unpaired) electrons. The average Bonchev–Trinajstić information content (AvgIpc) is 3.36. The van der Waals surface area contributed by atoms with Crippen molar-refractivity contribution < 1.29 is 27.7 Å². The molecule has 1 aliphatic carbocycles. The van der Waals surface area contributed by atoms with E-state index in [-0.39, 0.29) is 41.0 Å². The van der Waals surface area contributed by atoms with Crippen LogP contribution in [-0.2, 0) is 9.53 Å². The van der Waals surface area contributed by atoms with Gasteiger partial charge in [-0.05, 0) is 37.8 Å². The predicted molar refractivity (Wildman–Crippen MR) is 124 cm³/mol. The van der Waals surface area contributed by atoms with E-state index in [9.17, 15) is 9.59 Å². The Bertz CT molecular complexity index is 1350. The van der Waals surface area contributed by atoms with Crippen molar-refractivity contribution in [3.63, 3.8) is 0 Å². The molecule has 1 aliphatic heterocycles. The van der Waals surface area contributed by atoms with Gasteiger partial charge >= 0.3 is 0 Å². The van der Waals surface area contributed by atoms with Gasteiger partial charge in [-0.2, -0.15) is 4.98 Å². The molecule has 2 aromatic heterocycles. The Labute approximate surface area is 205 Å². The molecule has 0 spiro atoms. The lowest BCUT2D eigenvalue weighted by Gasteiger charge is -2.16. The summed E-state index contributed by atoms with van der Waals surface area (Å²) in [5.74, 6) is -0.187. The Morgan fingerprint density at radius 3 is 2.83 bits per heavy atom. The van der Waals surface area contributed by atoms with Crippen LogP contribution in [0.3, 0.4) is 0 Å². The summed E-state index contributed by atoms with van der Waals surface area (Å²) in [6.45, 7) is -2.11. The molecule has 2 fully saturated rings. The van der Waals surface area contributed by atoms with Crippen molar-refractivity contribution in [1.29, 1.82) is 0 Å². The lowest BCUT2D eigenvalue weighted by molar-refractivity contribution is -0.117. The van der Waals surface area contributed by atoms with Gasteiger partial charge in [0.1, 0.15) is 6.10 Å². The molecule has 3 aromatic rings. The Morgan fingerprint density at radius 2 is 2.09 bits per heavy atom. The van der Waals surface area contributed by atoms with Gasteiger partial charge in [-0.3, -0.25) is 9.59 Å². The van der Waals surface area contributed by atoms with E-state index in [0.717, 1.165) is 25.7 Å². The van der Waals surface area contributed by atoms with Crippen molar-refractivity contribution in [3.05, 3.63) is 35.9 Å². The second-order valence-electron chi connectivity index (χ2n) is 8.18. The third-order valence-corrected chi connectivity index (χ3v) is 5.70. The van der Waals surface area contributed by atoms with Crippen molar-refractivity contribution in [3.8, 4) is 17.1 Å². The molecule has 2 amide bonds. The Balaban J connectivity index is 1.48. The molecule has 0 bridgehead atoms. The molecule has 3 heterocycles. The number of amides is 2. The van der Waals surface area contributed by atoms with Gasteiger partial charge in [0.2, 0.25) is 11.7 Å². The van der Waals surface area contributed by atoms with Crippen molar-refractivity contribution >= 4 is 29.0 Å². The number of methoxy groups -OCH3 is 1. The predicted octanol–water partition coefficient (Wildman–Crippen LogP) is 2.84. The van der Waals surface area contributed by atoms with Gasteiger partial charge in [0, 0.05) is 29.7 Å². The van der Waals surface area contributed by atoms with Gasteiger partial charge in [-0.15, -0.1) is 10.2 Å². The molecule has 1 aromatic carbocycles. The number of aromatic nitrogens is 4. The minimum absolute atomic E-state index is 0.0852. The first-order chi connectivity index (χ1) is 18.2. The number of hydrogen-bond donors (Lipinski definition) is 3. The van der Waals surface area contributed by atoms with Gasteiger partial charge < -0.3 is 29.9 Å². The van der Waals surface area contributed by atoms with Crippen molar-refractivity contribution in [1.82, 2.24) is 25.7 Å². The highest BCUT2D eigenvalue weighted by atomic mass is 16.5. The maximum atomic E-state index is 12.7. The Hall–Kier alpha value is -4.06. The lowest BCUT2D eigenvalue weighted by atomic mass is 10.1. The first kappa shape index (κ1) is 19.3. The topological polar surface area (TPSA) is 153 Å². The van der Waals surface area contributed by atoms with Crippen LogP contribution in [0, 0.1) is 5.92 Å². The molecule has 5 rings (SSSR count). The maximum absolute atomic E-state index is 12.7. The average molecular weight is 483 g/mol. The molecule has 1 unspecified atom stereocenters. The molecule has 12 heteroatoms. The third kappa shape index (κ3) is 4.78. The smallest absolute Gasteiger partial charge is 0.273 e. The number of benzene rings is 1. The summed E-state index contributed by atoms with van der Waals surface area (Å²) in [5, 5.41) is 19.5. The van der Waals surface area contributed by atoms with Crippen LogP contribution in [0.15, 0.2) is 28.8 Å². The molecule has 2 aliphatic rings. The zero-order valence-corrected chi connectivity index (χ0v) is 18.8. The molecular weight excluding hydrogens is 454 g/mol. The fourth-order valence-electron chi connectivity index (χ4n) is 3.77. The van der Waals surface area contributed by atoms with Crippen LogP contribution in [0.5, 0.6) is 5.75 Å². The van der Waals surface area contributed by atoms with E-state index in [4.69, 9.17) is 18.1 Å². The Kier molecular flexibility index (Phi) is 5.32. The number of para-hydroxylation sites is 1. The maximum Gasteiger partial charge on any atom is 0.273 e. The lowest BCUT2D eigenvalue weighted by Crippen LogP contribution is -2.22. The number of anilines is 3. The SMILES string of the molecule is [2H]C([2H])([2H])NC(=O)c1nnc(NC(=O)C2CC2)cc1Nc1cccc(-c2noc(C3CCCO3)n2)c1OC. The van der Waals surface area contributed by atoms with E-state index >= 15 is 0 Å². The van der Waals surface area contributed by atoms with E-state index in [2.05, 4.69) is 31.0 Å². The fourth-order valence-corrected chi connectivity index (χ4v) is 3.77. The van der Waals surface area contributed by atoms with Crippen molar-refractivity contribution in [2.45, 2.75) is 31.8 Å². The summed E-state index contributed by atoms with van der Waals surface area (Å²) in [5.41, 5.74) is 0.696. The highest BCUT2D eigenvalue weighted by Crippen LogP contribution is 2.38. The number of rotatable bonds is 8. The van der Waals surface area contributed by atoms with Crippen LogP contribution in [0.25, 0.3) is 11.4 Å². The van der Waals surface area contributed by atoms with E-state index in [1.165, 1.54) is 13.2 Å². The van der Waals surface area contributed by atoms with Crippen LogP contribution in [0.2, 0.25) is 0 Å². The summed E-state index contributed by atoms with van der Waals surface area (Å²) < 4.78 is 38.8. The number of carbonyl (C=O) groups excluding carboxylic acids is 2. The second-order valence-corrected chi connectivity index (χ2v) is 8.18. The number of carbonyl (C=O) groups is 2. The molecule has 1 saturated heterocycles. The van der Waals surface area contributed by atoms with Gasteiger partial charge in [0.05, 0.1) is 24.0 Å². The molecule has 1 saturated carbocycles. The number of hydrogen-bond acceptors (Lipinski definition) is 10. The van der Waals surface area contributed by atoms with Gasteiger partial charge in [0.15, 0.2) is 17.3 Å². The highest BCUT2D eigenvalue weighted by molar-refractivity contribution is 6.00. The van der Waals surface area contributed by atoms with E-state index in [1.807, 2.05) is 5.32 Å². The zero-order chi connectivity index (χ0) is 26.9. The number of nitrogens with one attached hydrogen (secondary N) is 3. The monoisotopic (exact) mass is 482 g/mol. The van der Waals surface area contributed by atoms with Gasteiger partial charge in [-0.1, -0.05) is 11.2 Å². The standard InChI is InChI=1S/C23H25N7O5/c1-24-22(32)18-15(11-17(28-29-18)26-21(31)12-8-9-12)25-14-6-3-5-13(19(14)33-2)20-27-23(35-30-20)16-7-4-10-34-16/h3,5-6,11-12,16H,4,7-10H2,1-2H3,(H,24,32)(H2,25,26,28,31)/i1D3. The van der Waals surface area contributed by atoms with Crippen molar-refractivity contribution in [2.75, 3.05) is 31.3 Å². The third-order valence-electron chi connectivity index (χ3n) is 5.70. The first-order valence-electron chi connectivity index (χ1n) is 12.6. The minimum Gasteiger partial charge on any atom is -0.494 e. The largest absolute Gasteiger partial charge is 0.494 e. The summed E-state index contributed by atoms with van der Waals surface area (Å²) in [4.78, 5) is 29.4. The fraction of sp³-hybridized carbons (Fsp3) is 0.391. The quantitative estimate of drug-likeness (QED) is 0.437. The molecule has 3 N–H and O–H groups in total. The van der Waals surface area contributed by atoms with Crippen LogP contribution in [0.1, 0.15) is 52.3 Å². The summed E-state index contributed by atoms with van der Waals surface area (Å²) in [6.07, 6.45) is 3.02. The first-order valence-corrected chi connectivity index (χ1v) is 11.1. The second kappa shape index (κ2) is 9.66. The van der Waals surface area contributed by atoms with Crippen LogP contribution >= 0.6 is 0 Å². The van der Waals surface area contributed by atoms with Crippen LogP contribution in [-0.4, -0.2) is 52.8 Å². The summed E-state index contributed by atoms with van der Waals surface area (Å²) in [7, 11) is 1.46. The highest BCUT2D eigenvalue weighted by Gasteiger charge is 2.30. The molecular formula is C23H25N7O5. The van der Waals surface area contributed by atoms with Crippen LogP contribution in [0.4, 0.5) is 17.2 Å². The van der Waals surface area contributed by atoms with Gasteiger partial charge in [-0.25, -0.2) is 0 Å². The number of ether oxygens (including phenoxy) is 2. The Morgan fingerprint density at radius 1 is 1.20 bits per heavy atom. The molecule has 35 heavy (non-hydrogen) atoms. The van der Waals surface area contributed by atoms with E-state index in [1.54, 1.807) is 18.2 Å². The normalized spacial score (nSPS) is 18.8. The van der Waals surface area contributed by atoms with Crippen LogP contribution < -0.4 is 20.7 Å². The molecule has 1 atom stereocenters. The van der Waals surface area contributed by atoms with E-state index in [0.29, 0.717) is 29.5 Å². The summed E-state index contributed by atoms with van der Waals surface area (Å²) >= 11 is 0. The van der Waals surface area contributed by atoms with Crippen molar-refractivity contribution in [2.24, 2.45) is 5.92 Å². The zero-order valence-electron chi connectivity index (χ0n) is 21.8. The number of nitrogens with zero attached hydrogens (tertiary/aromatic N) is 4. The minimum atomic E-state index is -2.74. The molecule has 182 valence electrons. The molecule has 12 nitrogen and oxygen atoms in total.